The van der Waals surface area contributed by atoms with Crippen molar-refractivity contribution in [2.45, 2.75) is 44.2 Å². The first-order valence-corrected chi connectivity index (χ1v) is 6.24. The summed E-state index contributed by atoms with van der Waals surface area (Å²) < 4.78 is 10.8. The van der Waals surface area contributed by atoms with Crippen LogP contribution in [0.1, 0.15) is 32.1 Å². The zero-order valence-electron chi connectivity index (χ0n) is 9.71. The van der Waals surface area contributed by atoms with Gasteiger partial charge in [0.25, 0.3) is 0 Å². The lowest BCUT2D eigenvalue weighted by molar-refractivity contribution is 0.100. The highest BCUT2D eigenvalue weighted by atomic mass is 16.5. The lowest BCUT2D eigenvalue weighted by Crippen LogP contribution is -2.36. The van der Waals surface area contributed by atoms with Crippen LogP contribution in [0.15, 0.2) is 0 Å². The van der Waals surface area contributed by atoms with E-state index in [1.165, 1.54) is 25.7 Å². The first-order valence-electron chi connectivity index (χ1n) is 6.24. The minimum atomic E-state index is 0.514. The van der Waals surface area contributed by atoms with Gasteiger partial charge < -0.3 is 14.8 Å². The highest BCUT2D eigenvalue weighted by Crippen LogP contribution is 2.32. The van der Waals surface area contributed by atoms with E-state index in [0.717, 1.165) is 32.1 Å². The van der Waals surface area contributed by atoms with Crippen molar-refractivity contribution in [1.82, 2.24) is 5.32 Å². The molecule has 3 heteroatoms. The van der Waals surface area contributed by atoms with E-state index in [0.29, 0.717) is 12.1 Å². The molecule has 15 heavy (non-hydrogen) atoms. The normalized spacial score (nSPS) is 28.2. The van der Waals surface area contributed by atoms with Gasteiger partial charge in [-0.1, -0.05) is 0 Å². The summed E-state index contributed by atoms with van der Waals surface area (Å²) in [6.07, 6.45) is 6.92. The van der Waals surface area contributed by atoms with Gasteiger partial charge in [-0.05, 0) is 44.6 Å². The van der Waals surface area contributed by atoms with Gasteiger partial charge in [-0.2, -0.15) is 0 Å². The van der Waals surface area contributed by atoms with Gasteiger partial charge in [0.05, 0.1) is 12.7 Å². The van der Waals surface area contributed by atoms with E-state index in [4.69, 9.17) is 9.47 Å². The molecule has 0 radical (unpaired) electrons. The summed E-state index contributed by atoms with van der Waals surface area (Å²) in [7, 11) is 1.79. The molecular weight excluding hydrogens is 190 g/mol. The highest BCUT2D eigenvalue weighted by molar-refractivity contribution is 4.86. The molecule has 88 valence electrons. The lowest BCUT2D eigenvalue weighted by Gasteiger charge is -2.18. The second-order valence-corrected chi connectivity index (χ2v) is 4.78. The van der Waals surface area contributed by atoms with E-state index < -0.39 is 0 Å². The molecule has 2 fully saturated rings. The van der Waals surface area contributed by atoms with Crippen molar-refractivity contribution in [1.29, 1.82) is 0 Å². The molecule has 3 nitrogen and oxygen atoms in total. The molecule has 0 bridgehead atoms. The van der Waals surface area contributed by atoms with Crippen LogP contribution in [0.5, 0.6) is 0 Å². The summed E-state index contributed by atoms with van der Waals surface area (Å²) in [6.45, 7) is 2.90. The molecule has 0 spiro atoms. The molecule has 2 rings (SSSR count). The van der Waals surface area contributed by atoms with E-state index in [2.05, 4.69) is 5.32 Å². The summed E-state index contributed by atoms with van der Waals surface area (Å²) in [6, 6.07) is 0.580. The van der Waals surface area contributed by atoms with Crippen molar-refractivity contribution in [3.63, 3.8) is 0 Å². The molecular formula is C12H23NO2. The third-order valence-electron chi connectivity index (χ3n) is 3.43. The summed E-state index contributed by atoms with van der Waals surface area (Å²) in [5.74, 6) is 0.870. The van der Waals surface area contributed by atoms with Crippen molar-refractivity contribution in [2.75, 3.05) is 26.9 Å². The maximum atomic E-state index is 5.60. The van der Waals surface area contributed by atoms with Gasteiger partial charge in [0.1, 0.15) is 0 Å². The average molecular weight is 213 g/mol. The summed E-state index contributed by atoms with van der Waals surface area (Å²) in [5.41, 5.74) is 0. The Morgan fingerprint density at radius 3 is 2.87 bits per heavy atom. The number of rotatable bonds is 7. The second kappa shape index (κ2) is 5.83. The van der Waals surface area contributed by atoms with E-state index in [9.17, 15) is 0 Å². The highest BCUT2D eigenvalue weighted by Gasteiger charge is 2.30. The molecule has 2 unspecified atom stereocenters. The number of hydrogen-bond donors (Lipinski definition) is 1. The Kier molecular flexibility index (Phi) is 4.42. The maximum absolute atomic E-state index is 5.60. The van der Waals surface area contributed by atoms with E-state index in [-0.39, 0.29) is 0 Å². The van der Waals surface area contributed by atoms with Gasteiger partial charge in [0.2, 0.25) is 0 Å². The molecule has 0 amide bonds. The zero-order chi connectivity index (χ0) is 10.5. The van der Waals surface area contributed by atoms with Crippen LogP contribution in [0.25, 0.3) is 0 Å². The number of methoxy groups -OCH3 is 1. The van der Waals surface area contributed by atoms with E-state index in [1.807, 2.05) is 0 Å². The molecule has 1 heterocycles. The van der Waals surface area contributed by atoms with Gasteiger partial charge in [0, 0.05) is 19.8 Å². The van der Waals surface area contributed by atoms with Crippen LogP contribution >= 0.6 is 0 Å². The molecule has 1 aliphatic carbocycles. The smallest absolute Gasteiger partial charge is 0.0618 e. The van der Waals surface area contributed by atoms with E-state index in [1.54, 1.807) is 7.11 Å². The topological polar surface area (TPSA) is 30.5 Å². The molecule has 2 aliphatic rings. The minimum absolute atomic E-state index is 0.514. The predicted molar refractivity (Wildman–Crippen MR) is 60.0 cm³/mol. The van der Waals surface area contributed by atoms with Crippen LogP contribution in [0, 0.1) is 5.92 Å². The van der Waals surface area contributed by atoms with Crippen LogP contribution in [0.3, 0.4) is 0 Å². The fourth-order valence-corrected chi connectivity index (χ4v) is 2.34. The average Bonchev–Trinajstić information content (AvgIpc) is 2.96. The summed E-state index contributed by atoms with van der Waals surface area (Å²) in [5, 5.41) is 3.60. The first-order chi connectivity index (χ1) is 7.40. The monoisotopic (exact) mass is 213 g/mol. The Morgan fingerprint density at radius 2 is 2.27 bits per heavy atom. The fraction of sp³-hybridized carbons (Fsp3) is 1.00. The molecule has 1 aliphatic heterocycles. The third-order valence-corrected chi connectivity index (χ3v) is 3.43. The van der Waals surface area contributed by atoms with Gasteiger partial charge in [-0.3, -0.25) is 0 Å². The Bertz CT molecular complexity index is 176. The van der Waals surface area contributed by atoms with Crippen LogP contribution < -0.4 is 5.32 Å². The maximum Gasteiger partial charge on any atom is 0.0618 e. The summed E-state index contributed by atoms with van der Waals surface area (Å²) >= 11 is 0. The predicted octanol–water partition coefficient (Wildman–Crippen LogP) is 1.57. The van der Waals surface area contributed by atoms with Crippen molar-refractivity contribution in [3.05, 3.63) is 0 Å². The zero-order valence-corrected chi connectivity index (χ0v) is 9.71. The molecule has 1 saturated carbocycles. The molecule has 1 saturated heterocycles. The van der Waals surface area contributed by atoms with Crippen LogP contribution in [0.2, 0.25) is 0 Å². The van der Waals surface area contributed by atoms with Crippen molar-refractivity contribution < 1.29 is 9.47 Å². The number of hydrogen-bond acceptors (Lipinski definition) is 3. The Labute approximate surface area is 92.5 Å². The van der Waals surface area contributed by atoms with Crippen LogP contribution in [-0.4, -0.2) is 39.0 Å². The molecule has 2 atom stereocenters. The van der Waals surface area contributed by atoms with Crippen LogP contribution in [-0.2, 0) is 9.47 Å². The molecule has 1 N–H and O–H groups in total. The second-order valence-electron chi connectivity index (χ2n) is 4.78. The minimum Gasteiger partial charge on any atom is -0.383 e. The Balaban J connectivity index is 1.57. The van der Waals surface area contributed by atoms with Gasteiger partial charge in [0.15, 0.2) is 0 Å². The fourth-order valence-electron chi connectivity index (χ4n) is 2.34. The SMILES string of the molecule is COCC(NCCC1CCCO1)C1CC1. The Hall–Kier alpha value is -0.120. The lowest BCUT2D eigenvalue weighted by atomic mass is 10.1. The molecule has 0 aromatic heterocycles. The van der Waals surface area contributed by atoms with Crippen molar-refractivity contribution >= 4 is 0 Å². The Morgan fingerprint density at radius 1 is 1.40 bits per heavy atom. The van der Waals surface area contributed by atoms with Crippen LogP contribution in [0.4, 0.5) is 0 Å². The standard InChI is InChI=1S/C12H23NO2/c1-14-9-12(10-4-5-10)13-7-6-11-3-2-8-15-11/h10-13H,2-9H2,1H3. The summed E-state index contributed by atoms with van der Waals surface area (Å²) in [4.78, 5) is 0. The largest absolute Gasteiger partial charge is 0.383 e. The third kappa shape index (κ3) is 3.74. The first kappa shape index (κ1) is 11.4. The van der Waals surface area contributed by atoms with Crippen molar-refractivity contribution in [3.8, 4) is 0 Å². The quantitative estimate of drug-likeness (QED) is 0.696. The van der Waals surface area contributed by atoms with Gasteiger partial charge in [-0.15, -0.1) is 0 Å². The molecule has 0 aromatic rings. The number of ether oxygens (including phenoxy) is 2. The number of nitrogens with one attached hydrogen (secondary N) is 1. The van der Waals surface area contributed by atoms with Crippen molar-refractivity contribution in [2.24, 2.45) is 5.92 Å². The molecule has 0 aromatic carbocycles. The van der Waals surface area contributed by atoms with Gasteiger partial charge in [-0.25, -0.2) is 0 Å². The van der Waals surface area contributed by atoms with Gasteiger partial charge >= 0.3 is 0 Å². The van der Waals surface area contributed by atoms with E-state index >= 15 is 0 Å².